The zero-order valence-electron chi connectivity index (χ0n) is 22.0. The van der Waals surface area contributed by atoms with Crippen molar-refractivity contribution < 1.29 is 9.47 Å². The van der Waals surface area contributed by atoms with Gasteiger partial charge in [0.25, 0.3) is 0 Å². The van der Waals surface area contributed by atoms with Crippen molar-refractivity contribution in [1.82, 2.24) is 0 Å². The fourth-order valence-electron chi connectivity index (χ4n) is 4.17. The highest BCUT2D eigenvalue weighted by Gasteiger charge is 2.22. The number of rotatable bonds is 9. The number of benzene rings is 3. The molecule has 4 N–H and O–H groups in total. The van der Waals surface area contributed by atoms with E-state index in [1.54, 1.807) is 12.1 Å². The highest BCUT2D eigenvalue weighted by molar-refractivity contribution is 6.32. The Kier molecular flexibility index (Phi) is 9.41. The Labute approximate surface area is 225 Å². The maximum absolute atomic E-state index is 8.86. The largest absolute Gasteiger partial charge is 0.487 e. The number of nitriles is 1. The first-order valence-corrected chi connectivity index (χ1v) is 12.7. The minimum Gasteiger partial charge on any atom is -0.487 e. The predicted molar refractivity (Wildman–Crippen MR) is 152 cm³/mol. The van der Waals surface area contributed by atoms with Crippen LogP contribution in [0.3, 0.4) is 0 Å². The van der Waals surface area contributed by atoms with E-state index in [1.165, 1.54) is 39.5 Å². The van der Waals surface area contributed by atoms with Gasteiger partial charge in [-0.1, -0.05) is 62.4 Å². The van der Waals surface area contributed by atoms with Gasteiger partial charge in [-0.2, -0.15) is 5.26 Å². The maximum Gasteiger partial charge on any atom is 0.142 e. The molecule has 192 valence electrons. The van der Waals surface area contributed by atoms with Crippen LogP contribution in [0.4, 0.5) is 0 Å². The zero-order chi connectivity index (χ0) is 27.1. The number of nitrogens with two attached hydrogens (primary N) is 2. The van der Waals surface area contributed by atoms with E-state index in [1.807, 2.05) is 19.9 Å². The minimum atomic E-state index is 0.0794. The molecule has 5 nitrogen and oxygen atoms in total. The van der Waals surface area contributed by atoms with Crippen LogP contribution in [0, 0.1) is 25.2 Å². The molecule has 0 atom stereocenters. The summed E-state index contributed by atoms with van der Waals surface area (Å²) in [5, 5.41) is 9.32. The van der Waals surface area contributed by atoms with E-state index in [4.69, 9.17) is 37.8 Å². The second kappa shape index (κ2) is 12.5. The molecule has 6 heteroatoms. The van der Waals surface area contributed by atoms with Crippen LogP contribution < -0.4 is 20.9 Å². The molecule has 3 aromatic carbocycles. The van der Waals surface area contributed by atoms with Gasteiger partial charge in [-0.15, -0.1) is 0 Å². The van der Waals surface area contributed by atoms with Gasteiger partial charge in [-0.05, 0) is 71.4 Å². The molecule has 3 aromatic rings. The Morgan fingerprint density at radius 3 is 2.49 bits per heavy atom. The van der Waals surface area contributed by atoms with Gasteiger partial charge < -0.3 is 20.9 Å². The van der Waals surface area contributed by atoms with Gasteiger partial charge in [0.1, 0.15) is 24.7 Å². The Morgan fingerprint density at radius 2 is 1.78 bits per heavy atom. The monoisotopic (exact) mass is 515 g/mol. The SMILES string of the molecule is C=C(C#N)/C=C(\N)COc1cc(OCc2cccc(-c3ccc4c(c3C)C4)c2C)c(Cl)cc1CN.CC. The highest BCUT2D eigenvalue weighted by Crippen LogP contribution is 2.39. The van der Waals surface area contributed by atoms with E-state index in [-0.39, 0.29) is 18.7 Å². The number of nitrogens with zero attached hydrogens (tertiary/aromatic N) is 1. The van der Waals surface area contributed by atoms with E-state index < -0.39 is 0 Å². The van der Waals surface area contributed by atoms with Crippen molar-refractivity contribution in [3.05, 3.63) is 105 Å². The second-order valence-corrected chi connectivity index (χ2v) is 9.08. The predicted octanol–water partition coefficient (Wildman–Crippen LogP) is 6.89. The molecule has 0 spiro atoms. The van der Waals surface area contributed by atoms with Crippen molar-refractivity contribution >= 4 is 11.6 Å². The van der Waals surface area contributed by atoms with Gasteiger partial charge in [0.05, 0.1) is 11.1 Å². The molecule has 0 saturated heterocycles. The molecule has 4 rings (SSSR count). The van der Waals surface area contributed by atoms with Crippen molar-refractivity contribution in [2.75, 3.05) is 6.61 Å². The molecule has 0 unspecified atom stereocenters. The molecular formula is C31H34ClN3O2. The molecule has 0 fully saturated rings. The van der Waals surface area contributed by atoms with Crippen LogP contribution in [0.15, 0.2) is 66.4 Å². The number of allylic oxidation sites excluding steroid dienone is 2. The van der Waals surface area contributed by atoms with Crippen LogP contribution in [0.2, 0.25) is 5.02 Å². The van der Waals surface area contributed by atoms with Crippen LogP contribution in [-0.4, -0.2) is 6.61 Å². The second-order valence-electron chi connectivity index (χ2n) is 8.67. The third-order valence-electron chi connectivity index (χ3n) is 6.29. The number of halogens is 1. The number of fused-ring (bicyclic) bond motifs is 1. The Hall–Kier alpha value is -3.72. The number of hydrogen-bond acceptors (Lipinski definition) is 5. The van der Waals surface area contributed by atoms with Gasteiger partial charge in [-0.3, -0.25) is 0 Å². The molecule has 1 aliphatic rings. The van der Waals surface area contributed by atoms with Crippen LogP contribution in [0.1, 0.15) is 47.2 Å². The van der Waals surface area contributed by atoms with Crippen molar-refractivity contribution in [2.45, 2.75) is 47.3 Å². The summed E-state index contributed by atoms with van der Waals surface area (Å²) in [6.45, 7) is 12.6. The summed E-state index contributed by atoms with van der Waals surface area (Å²) >= 11 is 6.49. The Morgan fingerprint density at radius 1 is 1.05 bits per heavy atom. The molecule has 0 radical (unpaired) electrons. The van der Waals surface area contributed by atoms with Crippen molar-refractivity contribution in [3.8, 4) is 28.7 Å². The lowest BCUT2D eigenvalue weighted by atomic mass is 9.94. The first-order chi connectivity index (χ1) is 17.8. The van der Waals surface area contributed by atoms with E-state index in [2.05, 4.69) is 50.8 Å². The third kappa shape index (κ3) is 6.54. The maximum atomic E-state index is 8.86. The van der Waals surface area contributed by atoms with Crippen molar-refractivity contribution in [3.63, 3.8) is 0 Å². The highest BCUT2D eigenvalue weighted by atomic mass is 35.5. The molecule has 0 heterocycles. The van der Waals surface area contributed by atoms with E-state index >= 15 is 0 Å². The summed E-state index contributed by atoms with van der Waals surface area (Å²) < 4.78 is 12.0. The molecule has 1 aliphatic carbocycles. The minimum absolute atomic E-state index is 0.0794. The van der Waals surface area contributed by atoms with Crippen LogP contribution in [-0.2, 0) is 19.6 Å². The molecule has 0 saturated carbocycles. The molecular weight excluding hydrogens is 482 g/mol. The molecule has 0 bridgehead atoms. The summed E-state index contributed by atoms with van der Waals surface area (Å²) in [6, 6.07) is 16.1. The standard InChI is InChI=1S/C29H28ClN3O2.C2H6/c1-17(13-31)9-23(33)16-35-28-12-29(27(30)11-22(28)14-32)34-15-21-5-4-6-24(18(21)2)25-8-7-20-10-26(20)19(25)3;1-2/h4-9,11-12H,1,10,14-16,32-33H2,2-3H3;1-2H3/b23-9-;. The van der Waals surface area contributed by atoms with Gasteiger partial charge >= 0.3 is 0 Å². The first kappa shape index (κ1) is 27.9. The van der Waals surface area contributed by atoms with Gasteiger partial charge in [-0.25, -0.2) is 0 Å². The molecule has 0 amide bonds. The van der Waals surface area contributed by atoms with E-state index in [0.29, 0.717) is 28.8 Å². The summed E-state index contributed by atoms with van der Waals surface area (Å²) in [5.74, 6) is 1.02. The molecule has 0 aliphatic heterocycles. The van der Waals surface area contributed by atoms with Gasteiger partial charge in [0, 0.05) is 29.4 Å². The average molecular weight is 516 g/mol. The quantitative estimate of drug-likeness (QED) is 0.187. The summed E-state index contributed by atoms with van der Waals surface area (Å²) in [5.41, 5.74) is 22.2. The number of ether oxygens (including phenoxy) is 2. The first-order valence-electron chi connectivity index (χ1n) is 12.4. The lowest BCUT2D eigenvalue weighted by Gasteiger charge is -2.17. The van der Waals surface area contributed by atoms with Gasteiger partial charge in [0.2, 0.25) is 0 Å². The smallest absolute Gasteiger partial charge is 0.142 e. The van der Waals surface area contributed by atoms with Crippen LogP contribution in [0.5, 0.6) is 11.5 Å². The molecule has 37 heavy (non-hydrogen) atoms. The number of hydrogen-bond donors (Lipinski definition) is 2. The summed E-state index contributed by atoms with van der Waals surface area (Å²) in [6.07, 6.45) is 2.58. The van der Waals surface area contributed by atoms with Crippen LogP contribution in [0.25, 0.3) is 11.1 Å². The average Bonchev–Trinajstić information content (AvgIpc) is 3.70. The van der Waals surface area contributed by atoms with Crippen LogP contribution >= 0.6 is 11.6 Å². The Bertz CT molecular complexity index is 1390. The Balaban J connectivity index is 0.00000186. The zero-order valence-corrected chi connectivity index (χ0v) is 22.7. The lowest BCUT2D eigenvalue weighted by molar-refractivity contribution is 0.299. The van der Waals surface area contributed by atoms with Gasteiger partial charge in [0.15, 0.2) is 0 Å². The van der Waals surface area contributed by atoms with Crippen molar-refractivity contribution in [1.29, 1.82) is 5.26 Å². The fourth-order valence-corrected chi connectivity index (χ4v) is 4.41. The van der Waals surface area contributed by atoms with E-state index in [0.717, 1.165) is 17.5 Å². The lowest BCUT2D eigenvalue weighted by Crippen LogP contribution is -2.11. The van der Waals surface area contributed by atoms with E-state index in [9.17, 15) is 0 Å². The third-order valence-corrected chi connectivity index (χ3v) is 6.58. The summed E-state index contributed by atoms with van der Waals surface area (Å²) in [7, 11) is 0. The normalized spacial score (nSPS) is 11.5. The van der Waals surface area contributed by atoms with Crippen molar-refractivity contribution in [2.24, 2.45) is 11.5 Å². The fraction of sp³-hybridized carbons (Fsp3) is 0.258. The topological polar surface area (TPSA) is 94.3 Å². The summed E-state index contributed by atoms with van der Waals surface area (Å²) in [4.78, 5) is 0. The molecule has 0 aromatic heterocycles.